The first-order valence-electron chi connectivity index (χ1n) is 5.85. The van der Waals surface area contributed by atoms with Crippen molar-refractivity contribution in [3.05, 3.63) is 70.0 Å². The van der Waals surface area contributed by atoms with E-state index in [-0.39, 0.29) is 10.8 Å². The Morgan fingerprint density at radius 3 is 2.44 bits per heavy atom. The maximum Gasteiger partial charge on any atom is 0.142 e. The number of rotatable bonds is 4. The molecule has 0 aliphatic heterocycles. The van der Waals surface area contributed by atoms with Gasteiger partial charge in [-0.25, -0.2) is 4.39 Å². The van der Waals surface area contributed by atoms with Crippen LogP contribution >= 0.6 is 11.6 Å². The lowest BCUT2D eigenvalue weighted by molar-refractivity contribution is 0.620. The largest absolute Gasteiger partial charge is 0.309 e. The summed E-state index contributed by atoms with van der Waals surface area (Å²) in [6.07, 6.45) is 0. The molecule has 0 atom stereocenters. The van der Waals surface area contributed by atoms with Crippen molar-refractivity contribution < 1.29 is 4.39 Å². The summed E-state index contributed by atoms with van der Waals surface area (Å²) in [6, 6.07) is 13.2. The zero-order valence-corrected chi connectivity index (χ0v) is 11.0. The highest BCUT2D eigenvalue weighted by molar-refractivity contribution is 6.30. The van der Waals surface area contributed by atoms with Crippen LogP contribution in [0.4, 0.5) is 4.39 Å². The average molecular weight is 264 g/mol. The highest BCUT2D eigenvalue weighted by Gasteiger charge is 2.00. The summed E-state index contributed by atoms with van der Waals surface area (Å²) < 4.78 is 13.2. The van der Waals surface area contributed by atoms with Crippen LogP contribution in [0.1, 0.15) is 16.7 Å². The maximum absolute atomic E-state index is 13.2. The van der Waals surface area contributed by atoms with Crippen LogP contribution in [0.5, 0.6) is 0 Å². The summed E-state index contributed by atoms with van der Waals surface area (Å²) in [5.74, 6) is -0.369. The van der Waals surface area contributed by atoms with Gasteiger partial charge in [0.15, 0.2) is 0 Å². The smallest absolute Gasteiger partial charge is 0.142 e. The molecule has 1 nitrogen and oxygen atoms in total. The van der Waals surface area contributed by atoms with Crippen LogP contribution in [0.3, 0.4) is 0 Å². The molecule has 1 N–H and O–H groups in total. The Morgan fingerprint density at radius 2 is 1.78 bits per heavy atom. The normalized spacial score (nSPS) is 10.6. The number of benzene rings is 2. The van der Waals surface area contributed by atoms with E-state index >= 15 is 0 Å². The number of hydrogen-bond donors (Lipinski definition) is 1. The van der Waals surface area contributed by atoms with E-state index in [0.717, 1.165) is 12.1 Å². The van der Waals surface area contributed by atoms with E-state index in [9.17, 15) is 4.39 Å². The molecule has 2 rings (SSSR count). The first-order chi connectivity index (χ1) is 8.65. The van der Waals surface area contributed by atoms with Crippen LogP contribution in [-0.4, -0.2) is 0 Å². The Kier molecular flexibility index (Phi) is 4.34. The van der Waals surface area contributed by atoms with Gasteiger partial charge in [-0.15, -0.1) is 0 Å². The number of aryl methyl sites for hydroxylation is 1. The van der Waals surface area contributed by atoms with Crippen molar-refractivity contribution in [2.24, 2.45) is 0 Å². The van der Waals surface area contributed by atoms with E-state index in [0.29, 0.717) is 6.54 Å². The van der Waals surface area contributed by atoms with Gasteiger partial charge in [0.05, 0.1) is 5.02 Å². The SMILES string of the molecule is Cc1cccc(CNCc2ccc(Cl)c(F)c2)c1. The van der Waals surface area contributed by atoms with Gasteiger partial charge in [-0.1, -0.05) is 47.5 Å². The summed E-state index contributed by atoms with van der Waals surface area (Å²) in [5, 5.41) is 3.45. The van der Waals surface area contributed by atoms with Gasteiger partial charge in [0.25, 0.3) is 0 Å². The molecule has 3 heteroatoms. The Balaban J connectivity index is 1.90. The molecule has 18 heavy (non-hydrogen) atoms. The third-order valence-corrected chi connectivity index (χ3v) is 3.03. The molecular formula is C15H15ClFN. The van der Waals surface area contributed by atoms with Gasteiger partial charge >= 0.3 is 0 Å². The van der Waals surface area contributed by atoms with Gasteiger partial charge in [-0.05, 0) is 30.2 Å². The molecule has 2 aromatic carbocycles. The number of nitrogens with one attached hydrogen (secondary N) is 1. The lowest BCUT2D eigenvalue weighted by Crippen LogP contribution is -2.12. The Labute approximate surface area is 112 Å². The molecule has 0 saturated heterocycles. The third-order valence-electron chi connectivity index (χ3n) is 2.72. The van der Waals surface area contributed by atoms with Crippen molar-refractivity contribution in [2.75, 3.05) is 0 Å². The van der Waals surface area contributed by atoms with E-state index in [4.69, 9.17) is 11.6 Å². The van der Waals surface area contributed by atoms with Crippen LogP contribution in [0.2, 0.25) is 5.02 Å². The van der Waals surface area contributed by atoms with Crippen molar-refractivity contribution in [1.29, 1.82) is 0 Å². The minimum Gasteiger partial charge on any atom is -0.309 e. The quantitative estimate of drug-likeness (QED) is 0.877. The minimum atomic E-state index is -0.369. The fraction of sp³-hybridized carbons (Fsp3) is 0.200. The molecule has 0 saturated carbocycles. The standard InChI is InChI=1S/C15H15ClFN/c1-11-3-2-4-12(7-11)9-18-10-13-5-6-14(16)15(17)8-13/h2-8,18H,9-10H2,1H3. The second kappa shape index (κ2) is 5.98. The molecule has 0 unspecified atom stereocenters. The van der Waals surface area contributed by atoms with E-state index in [2.05, 4.69) is 30.4 Å². The van der Waals surface area contributed by atoms with Gasteiger partial charge in [0.2, 0.25) is 0 Å². The van der Waals surface area contributed by atoms with Crippen molar-refractivity contribution >= 4 is 11.6 Å². The van der Waals surface area contributed by atoms with Crippen molar-refractivity contribution in [3.63, 3.8) is 0 Å². The lowest BCUT2D eigenvalue weighted by atomic mass is 10.1. The Morgan fingerprint density at radius 1 is 1.06 bits per heavy atom. The van der Waals surface area contributed by atoms with Crippen LogP contribution < -0.4 is 5.32 Å². The summed E-state index contributed by atoms with van der Waals surface area (Å²) in [4.78, 5) is 0. The predicted molar refractivity (Wildman–Crippen MR) is 73.1 cm³/mol. The van der Waals surface area contributed by atoms with E-state index in [1.807, 2.05) is 12.1 Å². The first-order valence-corrected chi connectivity index (χ1v) is 6.23. The van der Waals surface area contributed by atoms with Crippen LogP contribution in [-0.2, 0) is 13.1 Å². The van der Waals surface area contributed by atoms with Crippen LogP contribution in [0.15, 0.2) is 42.5 Å². The molecule has 0 aliphatic rings. The minimum absolute atomic E-state index is 0.164. The predicted octanol–water partition coefficient (Wildman–Crippen LogP) is 4.08. The molecule has 0 fully saturated rings. The van der Waals surface area contributed by atoms with Gasteiger partial charge in [0.1, 0.15) is 5.82 Å². The van der Waals surface area contributed by atoms with Gasteiger partial charge in [-0.3, -0.25) is 0 Å². The van der Waals surface area contributed by atoms with Crippen LogP contribution in [0, 0.1) is 12.7 Å². The van der Waals surface area contributed by atoms with Crippen molar-refractivity contribution in [3.8, 4) is 0 Å². The Hall–Kier alpha value is -1.38. The molecular weight excluding hydrogens is 249 g/mol. The molecule has 0 aromatic heterocycles. The molecule has 0 radical (unpaired) electrons. The number of halogens is 2. The second-order valence-corrected chi connectivity index (χ2v) is 4.75. The second-order valence-electron chi connectivity index (χ2n) is 4.34. The summed E-state index contributed by atoms with van der Waals surface area (Å²) in [7, 11) is 0. The molecule has 94 valence electrons. The highest BCUT2D eigenvalue weighted by Crippen LogP contribution is 2.15. The maximum atomic E-state index is 13.2. The Bertz CT molecular complexity index is 540. The molecule has 0 heterocycles. The monoisotopic (exact) mass is 263 g/mol. The van der Waals surface area contributed by atoms with Crippen molar-refractivity contribution in [2.45, 2.75) is 20.0 Å². The fourth-order valence-corrected chi connectivity index (χ4v) is 1.94. The molecule has 0 spiro atoms. The average Bonchev–Trinajstić information content (AvgIpc) is 2.34. The fourth-order valence-electron chi connectivity index (χ4n) is 1.82. The molecule has 2 aromatic rings. The summed E-state index contributed by atoms with van der Waals surface area (Å²) >= 11 is 5.63. The number of hydrogen-bond acceptors (Lipinski definition) is 1. The zero-order chi connectivity index (χ0) is 13.0. The van der Waals surface area contributed by atoms with Crippen LogP contribution in [0.25, 0.3) is 0 Å². The van der Waals surface area contributed by atoms with Gasteiger partial charge in [0, 0.05) is 13.1 Å². The third kappa shape index (κ3) is 3.56. The summed E-state index contributed by atoms with van der Waals surface area (Å²) in [5.41, 5.74) is 3.36. The highest BCUT2D eigenvalue weighted by atomic mass is 35.5. The molecule has 0 bridgehead atoms. The summed E-state index contributed by atoms with van der Waals surface area (Å²) in [6.45, 7) is 3.46. The van der Waals surface area contributed by atoms with E-state index < -0.39 is 0 Å². The zero-order valence-electron chi connectivity index (χ0n) is 10.2. The lowest BCUT2D eigenvalue weighted by Gasteiger charge is -2.06. The molecule has 0 amide bonds. The van der Waals surface area contributed by atoms with Gasteiger partial charge < -0.3 is 5.32 Å². The van der Waals surface area contributed by atoms with Gasteiger partial charge in [-0.2, -0.15) is 0 Å². The van der Waals surface area contributed by atoms with E-state index in [1.165, 1.54) is 17.2 Å². The topological polar surface area (TPSA) is 12.0 Å². The first kappa shape index (κ1) is 13.1. The van der Waals surface area contributed by atoms with E-state index in [1.54, 1.807) is 6.07 Å². The molecule has 0 aliphatic carbocycles. The van der Waals surface area contributed by atoms with Crippen molar-refractivity contribution in [1.82, 2.24) is 5.32 Å².